The van der Waals surface area contributed by atoms with Crippen molar-refractivity contribution in [3.63, 3.8) is 0 Å². The predicted octanol–water partition coefficient (Wildman–Crippen LogP) is 2.92. The Bertz CT molecular complexity index is 619. The zero-order chi connectivity index (χ0) is 13.8. The van der Waals surface area contributed by atoms with Crippen LogP contribution in [0.2, 0.25) is 0 Å². The van der Waals surface area contributed by atoms with Crippen molar-refractivity contribution in [2.24, 2.45) is 0 Å². The molecule has 0 unspecified atom stereocenters. The van der Waals surface area contributed by atoms with Crippen LogP contribution in [-0.4, -0.2) is 11.0 Å². The Kier molecular flexibility index (Phi) is 4.11. The normalized spacial score (nSPS) is 10.2. The molecule has 2 rings (SSSR count). The molecule has 4 nitrogen and oxygen atoms in total. The van der Waals surface area contributed by atoms with Gasteiger partial charge in [0.05, 0.1) is 5.56 Å². The molecular weight excluding hydrogens is 315 g/mol. The average molecular weight is 325 g/mol. The van der Waals surface area contributed by atoms with Crippen LogP contribution in [0.5, 0.6) is 0 Å². The molecule has 1 aromatic carbocycles. The number of hydrogen-bond donors (Lipinski definition) is 1. The van der Waals surface area contributed by atoms with E-state index in [2.05, 4.69) is 20.9 Å². The summed E-state index contributed by atoms with van der Waals surface area (Å²) >= 11 is 3.26. The van der Waals surface area contributed by atoms with E-state index in [-0.39, 0.29) is 17.9 Å². The molecule has 0 spiro atoms. The summed E-state index contributed by atoms with van der Waals surface area (Å²) in [5.74, 6) is -1.21. The number of benzene rings is 1. The molecule has 98 valence electrons. The van der Waals surface area contributed by atoms with Crippen molar-refractivity contribution in [1.82, 2.24) is 4.98 Å². The fourth-order valence-electron chi connectivity index (χ4n) is 1.47. The fraction of sp³-hybridized carbons (Fsp3) is 0.0769. The number of carbonyl (C=O) groups excluding carboxylic acids is 1. The summed E-state index contributed by atoms with van der Waals surface area (Å²) in [6, 6.07) is 5.34. The zero-order valence-corrected chi connectivity index (χ0v) is 11.4. The number of halogens is 2. The molecule has 0 saturated heterocycles. The van der Waals surface area contributed by atoms with Crippen molar-refractivity contribution in [2.75, 3.05) is 5.73 Å². The van der Waals surface area contributed by atoms with Gasteiger partial charge < -0.3 is 10.5 Å². The number of rotatable bonds is 3. The minimum atomic E-state index is -0.669. The number of nitrogens with two attached hydrogens (primary N) is 1. The third kappa shape index (κ3) is 3.51. The molecule has 0 aliphatic rings. The predicted molar refractivity (Wildman–Crippen MR) is 71.9 cm³/mol. The van der Waals surface area contributed by atoms with Crippen molar-refractivity contribution in [1.29, 1.82) is 0 Å². The Morgan fingerprint density at radius 3 is 2.89 bits per heavy atom. The van der Waals surface area contributed by atoms with Crippen molar-refractivity contribution in [3.05, 3.63) is 58.1 Å². The molecule has 0 atom stereocenters. The van der Waals surface area contributed by atoms with Gasteiger partial charge in [-0.05, 0) is 40.2 Å². The van der Waals surface area contributed by atoms with Crippen LogP contribution in [0.1, 0.15) is 15.9 Å². The monoisotopic (exact) mass is 324 g/mol. The van der Waals surface area contributed by atoms with E-state index in [4.69, 9.17) is 10.5 Å². The van der Waals surface area contributed by atoms with Gasteiger partial charge in [0.15, 0.2) is 0 Å². The molecule has 0 aliphatic carbocycles. The van der Waals surface area contributed by atoms with Gasteiger partial charge in [-0.1, -0.05) is 0 Å². The third-order valence-corrected chi connectivity index (χ3v) is 2.80. The molecule has 1 aromatic heterocycles. The number of hydrogen-bond acceptors (Lipinski definition) is 4. The Morgan fingerprint density at radius 1 is 1.37 bits per heavy atom. The smallest absolute Gasteiger partial charge is 0.340 e. The van der Waals surface area contributed by atoms with Gasteiger partial charge in [0.2, 0.25) is 0 Å². The summed E-state index contributed by atoms with van der Waals surface area (Å²) in [6.45, 7) is 0.0429. The maximum Gasteiger partial charge on any atom is 0.340 e. The lowest BCUT2D eigenvalue weighted by molar-refractivity contribution is 0.0473. The van der Waals surface area contributed by atoms with Crippen LogP contribution in [0.15, 0.2) is 41.1 Å². The molecular formula is C13H10BrFN2O2. The first-order valence-corrected chi connectivity index (χ1v) is 6.17. The minimum Gasteiger partial charge on any atom is -0.457 e. The van der Waals surface area contributed by atoms with Gasteiger partial charge in [-0.2, -0.15) is 0 Å². The summed E-state index contributed by atoms with van der Waals surface area (Å²) in [6.07, 6.45) is 3.20. The number of ether oxygens (including phenoxy) is 1. The molecule has 2 N–H and O–H groups in total. The zero-order valence-electron chi connectivity index (χ0n) is 9.77. The molecule has 6 heteroatoms. The van der Waals surface area contributed by atoms with Crippen LogP contribution in [0.3, 0.4) is 0 Å². The van der Waals surface area contributed by atoms with Crippen LogP contribution in [0.4, 0.5) is 10.1 Å². The summed E-state index contributed by atoms with van der Waals surface area (Å²) in [7, 11) is 0. The van der Waals surface area contributed by atoms with E-state index < -0.39 is 11.8 Å². The average Bonchev–Trinajstić information content (AvgIpc) is 2.39. The van der Waals surface area contributed by atoms with E-state index in [0.717, 1.165) is 16.1 Å². The molecule has 1 heterocycles. The highest BCUT2D eigenvalue weighted by Crippen LogP contribution is 2.16. The van der Waals surface area contributed by atoms with Crippen LogP contribution < -0.4 is 5.73 Å². The van der Waals surface area contributed by atoms with Crippen LogP contribution in [0, 0.1) is 5.82 Å². The standard InChI is InChI=1S/C13H10BrFN2O2/c14-9-3-8(5-17-6-9)7-19-13(18)11-4-10(15)1-2-12(11)16/h1-6H,7,16H2. The second kappa shape index (κ2) is 5.79. The van der Waals surface area contributed by atoms with Gasteiger partial charge in [-0.15, -0.1) is 0 Å². The third-order valence-electron chi connectivity index (χ3n) is 2.37. The van der Waals surface area contributed by atoms with E-state index in [1.165, 1.54) is 12.1 Å². The second-order valence-corrected chi connectivity index (χ2v) is 4.73. The molecule has 0 fully saturated rings. The molecule has 19 heavy (non-hydrogen) atoms. The van der Waals surface area contributed by atoms with Gasteiger partial charge in [0.25, 0.3) is 0 Å². The summed E-state index contributed by atoms with van der Waals surface area (Å²) < 4.78 is 18.9. The first-order valence-electron chi connectivity index (χ1n) is 5.38. The SMILES string of the molecule is Nc1ccc(F)cc1C(=O)OCc1cncc(Br)c1. The number of carbonyl (C=O) groups is 1. The second-order valence-electron chi connectivity index (χ2n) is 3.82. The summed E-state index contributed by atoms with van der Waals surface area (Å²) in [5.41, 5.74) is 6.51. The Balaban J connectivity index is 2.07. The molecule has 0 bridgehead atoms. The lowest BCUT2D eigenvalue weighted by Crippen LogP contribution is -2.08. The number of anilines is 1. The number of nitrogen functional groups attached to an aromatic ring is 1. The van der Waals surface area contributed by atoms with E-state index in [0.29, 0.717) is 0 Å². The van der Waals surface area contributed by atoms with Gasteiger partial charge in [0, 0.05) is 28.1 Å². The number of esters is 1. The quantitative estimate of drug-likeness (QED) is 0.696. The van der Waals surface area contributed by atoms with Crippen LogP contribution in [0.25, 0.3) is 0 Å². The summed E-state index contributed by atoms with van der Waals surface area (Å²) in [5, 5.41) is 0. The molecule has 0 radical (unpaired) electrons. The maximum absolute atomic E-state index is 13.0. The van der Waals surface area contributed by atoms with Gasteiger partial charge >= 0.3 is 5.97 Å². The van der Waals surface area contributed by atoms with Crippen LogP contribution in [-0.2, 0) is 11.3 Å². The van der Waals surface area contributed by atoms with Crippen molar-refractivity contribution < 1.29 is 13.9 Å². The van der Waals surface area contributed by atoms with E-state index >= 15 is 0 Å². The molecule has 2 aromatic rings. The largest absolute Gasteiger partial charge is 0.457 e. The van der Waals surface area contributed by atoms with Crippen LogP contribution >= 0.6 is 15.9 Å². The maximum atomic E-state index is 13.0. The number of pyridine rings is 1. The van der Waals surface area contributed by atoms with Crippen molar-refractivity contribution in [3.8, 4) is 0 Å². The Hall–Kier alpha value is -1.95. The topological polar surface area (TPSA) is 65.2 Å². The van der Waals surface area contributed by atoms with E-state index in [1.807, 2.05) is 0 Å². The summed E-state index contributed by atoms with van der Waals surface area (Å²) in [4.78, 5) is 15.7. The van der Waals surface area contributed by atoms with Gasteiger partial charge in [-0.3, -0.25) is 4.98 Å². The van der Waals surface area contributed by atoms with Crippen molar-refractivity contribution in [2.45, 2.75) is 6.61 Å². The minimum absolute atomic E-state index is 0.0166. The highest BCUT2D eigenvalue weighted by atomic mass is 79.9. The molecule has 0 aliphatic heterocycles. The number of nitrogens with zero attached hydrogens (tertiary/aromatic N) is 1. The molecule has 0 amide bonds. The van der Waals surface area contributed by atoms with Crippen molar-refractivity contribution >= 4 is 27.6 Å². The van der Waals surface area contributed by atoms with Gasteiger partial charge in [-0.25, -0.2) is 9.18 Å². The number of aromatic nitrogens is 1. The lowest BCUT2D eigenvalue weighted by atomic mass is 10.2. The fourth-order valence-corrected chi connectivity index (χ4v) is 1.88. The van der Waals surface area contributed by atoms with E-state index in [9.17, 15) is 9.18 Å². The van der Waals surface area contributed by atoms with E-state index in [1.54, 1.807) is 18.5 Å². The Labute approximate surface area is 117 Å². The highest BCUT2D eigenvalue weighted by Gasteiger charge is 2.12. The first-order chi connectivity index (χ1) is 9.06. The molecule has 0 saturated carbocycles. The Morgan fingerprint density at radius 2 is 2.16 bits per heavy atom. The van der Waals surface area contributed by atoms with Gasteiger partial charge in [0.1, 0.15) is 12.4 Å². The lowest BCUT2D eigenvalue weighted by Gasteiger charge is -2.07. The first kappa shape index (κ1) is 13.5. The highest BCUT2D eigenvalue weighted by molar-refractivity contribution is 9.10.